The van der Waals surface area contributed by atoms with Gasteiger partial charge in [-0.25, -0.2) is 14.8 Å². The smallest absolute Gasteiger partial charge is 0.323 e. The summed E-state index contributed by atoms with van der Waals surface area (Å²) in [5.41, 5.74) is 2.73. The highest BCUT2D eigenvalue weighted by atomic mass is 32.2. The van der Waals surface area contributed by atoms with Gasteiger partial charge in [0.15, 0.2) is 5.82 Å². The molecule has 10 heteroatoms. The minimum absolute atomic E-state index is 0.0544. The number of nitrogens with zero attached hydrogens (tertiary/aromatic N) is 3. The number of para-hydroxylation sites is 1. The number of carbonyl (C=O) groups is 2. The van der Waals surface area contributed by atoms with Crippen LogP contribution in [0.25, 0.3) is 11.4 Å². The molecule has 1 saturated heterocycles. The predicted octanol–water partition coefficient (Wildman–Crippen LogP) is 4.06. The highest BCUT2D eigenvalue weighted by Gasteiger charge is 2.23. The van der Waals surface area contributed by atoms with E-state index in [1.54, 1.807) is 12.1 Å². The average molecular weight is 494 g/mol. The van der Waals surface area contributed by atoms with E-state index in [1.807, 2.05) is 48.7 Å². The Morgan fingerprint density at radius 1 is 1.00 bits per heavy atom. The number of esters is 1. The molecule has 1 fully saturated rings. The standard InChI is InChI=1S/C25H27N5O4S/c1-33-21(31)16-20-22(35-2)24(30-12-14-34-15-13-30)29-23(28-20)17-8-10-19(11-9-17)27-25(32)26-18-6-4-3-5-7-18/h3-11H,12-16H2,1-2H3,(H2,26,27,32). The van der Waals surface area contributed by atoms with Crippen molar-refractivity contribution in [2.75, 3.05) is 55.2 Å². The molecule has 0 bridgehead atoms. The predicted molar refractivity (Wildman–Crippen MR) is 137 cm³/mol. The van der Waals surface area contributed by atoms with Gasteiger partial charge >= 0.3 is 12.0 Å². The topological polar surface area (TPSA) is 106 Å². The maximum atomic E-state index is 12.3. The number of carbonyl (C=O) groups excluding carboxylic acids is 2. The first-order valence-corrected chi connectivity index (χ1v) is 12.4. The molecule has 0 radical (unpaired) electrons. The zero-order valence-corrected chi connectivity index (χ0v) is 20.4. The van der Waals surface area contributed by atoms with Gasteiger partial charge in [-0.3, -0.25) is 4.79 Å². The molecule has 1 aliphatic rings. The van der Waals surface area contributed by atoms with Gasteiger partial charge < -0.3 is 25.0 Å². The van der Waals surface area contributed by atoms with E-state index in [4.69, 9.17) is 19.4 Å². The van der Waals surface area contributed by atoms with E-state index in [-0.39, 0.29) is 18.4 Å². The monoisotopic (exact) mass is 493 g/mol. The second kappa shape index (κ2) is 11.7. The number of morpholine rings is 1. The van der Waals surface area contributed by atoms with Gasteiger partial charge in [0.05, 0.1) is 37.3 Å². The van der Waals surface area contributed by atoms with Gasteiger partial charge in [0, 0.05) is 30.0 Å². The normalized spacial score (nSPS) is 13.3. The second-order valence-corrected chi connectivity index (χ2v) is 8.54. The van der Waals surface area contributed by atoms with E-state index in [9.17, 15) is 9.59 Å². The maximum Gasteiger partial charge on any atom is 0.323 e. The Morgan fingerprint density at radius 2 is 1.66 bits per heavy atom. The van der Waals surface area contributed by atoms with Gasteiger partial charge in [-0.15, -0.1) is 11.8 Å². The third-order valence-electron chi connectivity index (χ3n) is 5.40. The Hall–Kier alpha value is -3.63. The maximum absolute atomic E-state index is 12.3. The SMILES string of the molecule is COC(=O)Cc1nc(-c2ccc(NC(=O)Nc3ccccc3)cc2)nc(N2CCOCC2)c1SC. The summed E-state index contributed by atoms with van der Waals surface area (Å²) in [6, 6.07) is 16.2. The lowest BCUT2D eigenvalue weighted by Gasteiger charge is -2.30. The number of rotatable bonds is 7. The largest absolute Gasteiger partial charge is 0.469 e. The van der Waals surface area contributed by atoms with Crippen molar-refractivity contribution in [2.24, 2.45) is 0 Å². The fourth-order valence-corrected chi connectivity index (χ4v) is 4.37. The molecule has 182 valence electrons. The highest BCUT2D eigenvalue weighted by molar-refractivity contribution is 7.98. The van der Waals surface area contributed by atoms with E-state index in [2.05, 4.69) is 15.5 Å². The quantitative estimate of drug-likeness (QED) is 0.375. The molecule has 0 atom stereocenters. The van der Waals surface area contributed by atoms with Crippen LogP contribution < -0.4 is 15.5 Å². The molecule has 0 spiro atoms. The molecule has 2 N–H and O–H groups in total. The van der Waals surface area contributed by atoms with Crippen molar-refractivity contribution in [2.45, 2.75) is 11.3 Å². The lowest BCUT2D eigenvalue weighted by atomic mass is 10.1. The fraction of sp³-hybridized carbons (Fsp3) is 0.280. The molecule has 0 unspecified atom stereocenters. The van der Waals surface area contributed by atoms with Gasteiger partial charge in [0.1, 0.15) is 5.82 Å². The lowest BCUT2D eigenvalue weighted by molar-refractivity contribution is -0.139. The molecule has 9 nitrogen and oxygen atoms in total. The van der Waals surface area contributed by atoms with Crippen LogP contribution in [0, 0.1) is 0 Å². The summed E-state index contributed by atoms with van der Waals surface area (Å²) in [6.45, 7) is 2.65. The molecule has 1 aliphatic heterocycles. The van der Waals surface area contributed by atoms with Crippen molar-refractivity contribution in [3.63, 3.8) is 0 Å². The van der Waals surface area contributed by atoms with Crippen LogP contribution in [-0.2, 0) is 20.7 Å². The first-order chi connectivity index (χ1) is 17.1. The fourth-order valence-electron chi connectivity index (χ4n) is 3.66. The third-order valence-corrected chi connectivity index (χ3v) is 6.23. The molecule has 2 amide bonds. The molecular formula is C25H27N5O4S. The number of methoxy groups -OCH3 is 1. The van der Waals surface area contributed by atoms with Crippen LogP contribution in [0.4, 0.5) is 22.0 Å². The number of nitrogens with one attached hydrogen (secondary N) is 2. The van der Waals surface area contributed by atoms with Gasteiger partial charge in [-0.2, -0.15) is 0 Å². The van der Waals surface area contributed by atoms with Crippen LogP contribution in [-0.4, -0.2) is 61.6 Å². The lowest BCUT2D eigenvalue weighted by Crippen LogP contribution is -2.37. The van der Waals surface area contributed by atoms with E-state index in [0.29, 0.717) is 49.2 Å². The molecule has 2 heterocycles. The van der Waals surface area contributed by atoms with Crippen LogP contribution in [0.3, 0.4) is 0 Å². The Labute approximate surface area is 208 Å². The number of amides is 2. The van der Waals surface area contributed by atoms with Crippen LogP contribution in [0.1, 0.15) is 5.69 Å². The number of aromatic nitrogens is 2. The molecule has 0 aliphatic carbocycles. The van der Waals surface area contributed by atoms with Crippen LogP contribution in [0.15, 0.2) is 59.5 Å². The van der Waals surface area contributed by atoms with Gasteiger partial charge in [-0.05, 0) is 42.7 Å². The van der Waals surface area contributed by atoms with Crippen LogP contribution >= 0.6 is 11.8 Å². The van der Waals surface area contributed by atoms with Gasteiger partial charge in [-0.1, -0.05) is 18.2 Å². The van der Waals surface area contributed by atoms with Gasteiger partial charge in [0.2, 0.25) is 0 Å². The van der Waals surface area contributed by atoms with Crippen LogP contribution in [0.2, 0.25) is 0 Å². The average Bonchev–Trinajstić information content (AvgIpc) is 2.89. The van der Waals surface area contributed by atoms with Crippen molar-refractivity contribution in [1.29, 1.82) is 0 Å². The molecule has 3 aromatic rings. The molecule has 35 heavy (non-hydrogen) atoms. The van der Waals surface area contributed by atoms with Crippen molar-refractivity contribution >= 4 is 41.0 Å². The van der Waals surface area contributed by atoms with Crippen molar-refractivity contribution in [3.05, 3.63) is 60.3 Å². The summed E-state index contributed by atoms with van der Waals surface area (Å²) < 4.78 is 10.4. The number of hydrogen-bond donors (Lipinski definition) is 2. The number of ether oxygens (including phenoxy) is 2. The summed E-state index contributed by atoms with van der Waals surface area (Å²) in [5.74, 6) is 0.930. The molecule has 0 saturated carbocycles. The zero-order valence-electron chi connectivity index (χ0n) is 19.6. The summed E-state index contributed by atoms with van der Waals surface area (Å²) >= 11 is 1.51. The number of urea groups is 1. The molecule has 2 aromatic carbocycles. The Balaban J connectivity index is 1.59. The van der Waals surface area contributed by atoms with Gasteiger partial charge in [0.25, 0.3) is 0 Å². The van der Waals surface area contributed by atoms with Crippen molar-refractivity contribution < 1.29 is 19.1 Å². The number of hydrogen-bond acceptors (Lipinski definition) is 8. The molecule has 1 aromatic heterocycles. The van der Waals surface area contributed by atoms with E-state index in [0.717, 1.165) is 16.3 Å². The molecule has 4 rings (SSSR count). The summed E-state index contributed by atoms with van der Waals surface area (Å²) in [4.78, 5) is 37.0. The Kier molecular flexibility index (Phi) is 8.17. The van der Waals surface area contributed by atoms with Crippen molar-refractivity contribution in [1.82, 2.24) is 9.97 Å². The second-order valence-electron chi connectivity index (χ2n) is 7.73. The number of benzene rings is 2. The van der Waals surface area contributed by atoms with E-state index < -0.39 is 0 Å². The van der Waals surface area contributed by atoms with Crippen LogP contribution in [0.5, 0.6) is 0 Å². The third kappa shape index (κ3) is 6.28. The first kappa shape index (κ1) is 24.5. The summed E-state index contributed by atoms with van der Waals surface area (Å²) in [6.07, 6.45) is 2.00. The number of anilines is 3. The Bertz CT molecular complexity index is 1170. The van der Waals surface area contributed by atoms with E-state index >= 15 is 0 Å². The number of thioether (sulfide) groups is 1. The Morgan fingerprint density at radius 3 is 2.29 bits per heavy atom. The summed E-state index contributed by atoms with van der Waals surface area (Å²) in [7, 11) is 1.37. The zero-order chi connectivity index (χ0) is 24.6. The minimum atomic E-state index is -0.359. The highest BCUT2D eigenvalue weighted by Crippen LogP contribution is 2.33. The molecular weight excluding hydrogens is 466 g/mol. The summed E-state index contributed by atoms with van der Waals surface area (Å²) in [5, 5.41) is 5.61. The van der Waals surface area contributed by atoms with Crippen molar-refractivity contribution in [3.8, 4) is 11.4 Å². The first-order valence-electron chi connectivity index (χ1n) is 11.1. The van der Waals surface area contributed by atoms with E-state index in [1.165, 1.54) is 18.9 Å². The minimum Gasteiger partial charge on any atom is -0.469 e.